The molecule has 1 unspecified atom stereocenters. The Hall–Kier alpha value is -3.27. The first-order valence-corrected chi connectivity index (χ1v) is 10.6. The summed E-state index contributed by atoms with van der Waals surface area (Å²) in [5.41, 5.74) is 6.86. The van der Waals surface area contributed by atoms with Gasteiger partial charge in [0.05, 0.1) is 18.0 Å². The van der Waals surface area contributed by atoms with Gasteiger partial charge >= 0.3 is 0 Å². The lowest BCUT2D eigenvalue weighted by Crippen LogP contribution is -2.27. The molecule has 152 valence electrons. The average Bonchev–Trinajstić information content (AvgIpc) is 3.13. The van der Waals surface area contributed by atoms with Crippen LogP contribution in [0.2, 0.25) is 0 Å². The summed E-state index contributed by atoms with van der Waals surface area (Å²) in [6.07, 6.45) is -0.143. The highest BCUT2D eigenvalue weighted by Gasteiger charge is 2.30. The first-order valence-electron chi connectivity index (χ1n) is 10.6. The molecule has 1 aliphatic heterocycles. The van der Waals surface area contributed by atoms with E-state index < -0.39 is 0 Å². The standard InChI is InChI=1S/C26H27N3O/c1-16(2)15-30-23-13-12-19-9-5-6-10-20(19)24(23)26-27-25-17(3)8-7-11-21(25)22-14-18(4)28-29(22)26/h5-14,16,26-27H,15H2,1-4H3. The predicted molar refractivity (Wildman–Crippen MR) is 123 cm³/mol. The fourth-order valence-electron chi connectivity index (χ4n) is 4.32. The number of nitrogens with one attached hydrogen (secondary N) is 1. The van der Waals surface area contributed by atoms with E-state index in [-0.39, 0.29) is 6.17 Å². The van der Waals surface area contributed by atoms with Crippen molar-refractivity contribution in [3.8, 4) is 17.0 Å². The lowest BCUT2D eigenvalue weighted by Gasteiger charge is -2.32. The number of rotatable bonds is 4. The molecule has 3 aromatic carbocycles. The Kier molecular flexibility index (Phi) is 4.50. The quantitative estimate of drug-likeness (QED) is 0.437. The smallest absolute Gasteiger partial charge is 0.151 e. The third kappa shape index (κ3) is 3.04. The summed E-state index contributed by atoms with van der Waals surface area (Å²) >= 11 is 0. The number of aromatic nitrogens is 2. The van der Waals surface area contributed by atoms with E-state index in [0.29, 0.717) is 12.5 Å². The second-order valence-electron chi connectivity index (χ2n) is 8.56. The minimum Gasteiger partial charge on any atom is -0.493 e. The van der Waals surface area contributed by atoms with Crippen LogP contribution in [-0.2, 0) is 0 Å². The Morgan fingerprint density at radius 1 is 1.03 bits per heavy atom. The summed E-state index contributed by atoms with van der Waals surface area (Å²) in [6.45, 7) is 9.24. The molecule has 5 rings (SSSR count). The maximum Gasteiger partial charge on any atom is 0.151 e. The molecule has 0 saturated carbocycles. The number of para-hydroxylation sites is 1. The topological polar surface area (TPSA) is 39.1 Å². The number of aryl methyl sites for hydroxylation is 2. The molecule has 4 nitrogen and oxygen atoms in total. The van der Waals surface area contributed by atoms with Gasteiger partial charge < -0.3 is 10.1 Å². The van der Waals surface area contributed by atoms with E-state index in [9.17, 15) is 0 Å². The van der Waals surface area contributed by atoms with E-state index >= 15 is 0 Å². The van der Waals surface area contributed by atoms with Crippen LogP contribution in [0, 0.1) is 19.8 Å². The molecular weight excluding hydrogens is 370 g/mol. The van der Waals surface area contributed by atoms with E-state index in [4.69, 9.17) is 9.84 Å². The Balaban J connectivity index is 1.75. The molecule has 0 fully saturated rings. The number of fused-ring (bicyclic) bond motifs is 4. The molecule has 1 aliphatic rings. The minimum absolute atomic E-state index is 0.143. The van der Waals surface area contributed by atoms with E-state index in [0.717, 1.165) is 28.4 Å². The van der Waals surface area contributed by atoms with Crippen molar-refractivity contribution in [3.05, 3.63) is 77.5 Å². The van der Waals surface area contributed by atoms with Gasteiger partial charge in [-0.25, -0.2) is 4.68 Å². The average molecular weight is 398 g/mol. The number of hydrogen-bond acceptors (Lipinski definition) is 3. The van der Waals surface area contributed by atoms with Crippen LogP contribution in [0.15, 0.2) is 60.7 Å². The molecule has 1 atom stereocenters. The number of nitrogens with zero attached hydrogens (tertiary/aromatic N) is 2. The van der Waals surface area contributed by atoms with Crippen LogP contribution in [0.5, 0.6) is 5.75 Å². The summed E-state index contributed by atoms with van der Waals surface area (Å²) in [7, 11) is 0. The van der Waals surface area contributed by atoms with Gasteiger partial charge in [-0.3, -0.25) is 0 Å². The van der Waals surface area contributed by atoms with Gasteiger partial charge in [-0.2, -0.15) is 5.10 Å². The second-order valence-corrected chi connectivity index (χ2v) is 8.56. The molecular formula is C26H27N3O. The maximum absolute atomic E-state index is 6.32. The highest BCUT2D eigenvalue weighted by Crippen LogP contribution is 2.44. The van der Waals surface area contributed by atoms with Gasteiger partial charge in [0, 0.05) is 16.8 Å². The fourth-order valence-corrected chi connectivity index (χ4v) is 4.32. The van der Waals surface area contributed by atoms with Crippen molar-refractivity contribution in [2.24, 2.45) is 5.92 Å². The molecule has 1 aromatic heterocycles. The van der Waals surface area contributed by atoms with Gasteiger partial charge in [0.25, 0.3) is 0 Å². The summed E-state index contributed by atoms with van der Waals surface area (Å²) in [4.78, 5) is 0. The van der Waals surface area contributed by atoms with Crippen LogP contribution in [0.1, 0.15) is 36.8 Å². The number of benzene rings is 3. The Morgan fingerprint density at radius 2 is 1.87 bits per heavy atom. The van der Waals surface area contributed by atoms with Crippen LogP contribution in [0.25, 0.3) is 22.0 Å². The van der Waals surface area contributed by atoms with E-state index in [1.807, 2.05) is 0 Å². The monoisotopic (exact) mass is 397 g/mol. The van der Waals surface area contributed by atoms with Gasteiger partial charge in [-0.1, -0.05) is 62.4 Å². The summed E-state index contributed by atoms with van der Waals surface area (Å²) in [5.74, 6) is 1.37. The SMILES string of the molecule is Cc1cc2n(n1)C(c1c(OCC(C)C)ccc3ccccc13)Nc1c(C)cccc1-2. The van der Waals surface area contributed by atoms with Crippen molar-refractivity contribution in [2.75, 3.05) is 11.9 Å². The Bertz CT molecular complexity index is 1240. The first kappa shape index (κ1) is 18.7. The van der Waals surface area contributed by atoms with Crippen molar-refractivity contribution < 1.29 is 4.74 Å². The molecule has 0 amide bonds. The maximum atomic E-state index is 6.32. The Labute approximate surface area is 177 Å². The van der Waals surface area contributed by atoms with Crippen LogP contribution < -0.4 is 10.1 Å². The number of anilines is 1. The largest absolute Gasteiger partial charge is 0.493 e. The molecule has 0 bridgehead atoms. The third-order valence-electron chi connectivity index (χ3n) is 5.71. The highest BCUT2D eigenvalue weighted by atomic mass is 16.5. The number of ether oxygens (including phenoxy) is 1. The molecule has 4 aromatic rings. The van der Waals surface area contributed by atoms with Crippen molar-refractivity contribution >= 4 is 16.5 Å². The van der Waals surface area contributed by atoms with Crippen LogP contribution >= 0.6 is 0 Å². The molecule has 0 spiro atoms. The van der Waals surface area contributed by atoms with E-state index in [1.165, 1.54) is 21.9 Å². The molecule has 0 saturated heterocycles. The first-order chi connectivity index (χ1) is 14.5. The normalized spacial score (nSPS) is 15.0. The summed E-state index contributed by atoms with van der Waals surface area (Å²) in [6, 6.07) is 21.4. The zero-order valence-corrected chi connectivity index (χ0v) is 17.9. The minimum atomic E-state index is -0.143. The zero-order valence-electron chi connectivity index (χ0n) is 17.9. The lowest BCUT2D eigenvalue weighted by atomic mass is 9.97. The van der Waals surface area contributed by atoms with Gasteiger partial charge in [0.1, 0.15) is 5.75 Å². The highest BCUT2D eigenvalue weighted by molar-refractivity contribution is 5.90. The van der Waals surface area contributed by atoms with Gasteiger partial charge in [0.2, 0.25) is 0 Å². The lowest BCUT2D eigenvalue weighted by molar-refractivity contribution is 0.267. The van der Waals surface area contributed by atoms with Crippen molar-refractivity contribution in [1.29, 1.82) is 0 Å². The van der Waals surface area contributed by atoms with Crippen molar-refractivity contribution in [2.45, 2.75) is 33.9 Å². The van der Waals surface area contributed by atoms with Gasteiger partial charge in [0.15, 0.2) is 6.17 Å². The molecule has 0 aliphatic carbocycles. The van der Waals surface area contributed by atoms with Crippen molar-refractivity contribution in [1.82, 2.24) is 9.78 Å². The summed E-state index contributed by atoms with van der Waals surface area (Å²) < 4.78 is 8.43. The molecule has 0 radical (unpaired) electrons. The summed E-state index contributed by atoms with van der Waals surface area (Å²) in [5, 5.41) is 11.1. The van der Waals surface area contributed by atoms with Crippen LogP contribution in [0.3, 0.4) is 0 Å². The van der Waals surface area contributed by atoms with Crippen LogP contribution in [-0.4, -0.2) is 16.4 Å². The van der Waals surface area contributed by atoms with Crippen LogP contribution in [0.4, 0.5) is 5.69 Å². The second kappa shape index (κ2) is 7.21. The molecule has 4 heteroatoms. The van der Waals surface area contributed by atoms with E-state index in [2.05, 4.69) is 98.4 Å². The predicted octanol–water partition coefficient (Wildman–Crippen LogP) is 6.33. The van der Waals surface area contributed by atoms with Gasteiger partial charge in [-0.15, -0.1) is 0 Å². The molecule has 1 N–H and O–H groups in total. The third-order valence-corrected chi connectivity index (χ3v) is 5.71. The zero-order chi connectivity index (χ0) is 20.8. The Morgan fingerprint density at radius 3 is 2.70 bits per heavy atom. The van der Waals surface area contributed by atoms with E-state index in [1.54, 1.807) is 0 Å². The fraction of sp³-hybridized carbons (Fsp3) is 0.269. The van der Waals surface area contributed by atoms with Gasteiger partial charge in [-0.05, 0) is 48.2 Å². The molecule has 2 heterocycles. The molecule has 30 heavy (non-hydrogen) atoms. The van der Waals surface area contributed by atoms with Crippen molar-refractivity contribution in [3.63, 3.8) is 0 Å². The number of hydrogen-bond donors (Lipinski definition) is 1.